The fraction of sp³-hybridized carbons (Fsp3) is 0.529. The van der Waals surface area contributed by atoms with Crippen LogP contribution < -0.4 is 5.32 Å². The Morgan fingerprint density at radius 3 is 2.86 bits per heavy atom. The van der Waals surface area contributed by atoms with Crippen molar-refractivity contribution < 1.29 is 4.42 Å². The number of aromatic nitrogens is 2. The number of hydrogen-bond donors (Lipinski definition) is 1. The van der Waals surface area contributed by atoms with E-state index in [4.69, 9.17) is 4.42 Å². The van der Waals surface area contributed by atoms with Crippen molar-refractivity contribution in [3.63, 3.8) is 0 Å². The van der Waals surface area contributed by atoms with Crippen LogP contribution in [0.15, 0.2) is 29.0 Å². The Balaban J connectivity index is 1.83. The van der Waals surface area contributed by atoms with E-state index >= 15 is 0 Å². The van der Waals surface area contributed by atoms with Gasteiger partial charge < -0.3 is 9.73 Å². The van der Waals surface area contributed by atoms with Gasteiger partial charge in [-0.3, -0.25) is 0 Å². The quantitative estimate of drug-likeness (QED) is 0.914. The van der Waals surface area contributed by atoms with E-state index in [0.717, 1.165) is 11.5 Å². The second kappa shape index (κ2) is 5.88. The largest absolute Gasteiger partial charge is 0.423 e. The van der Waals surface area contributed by atoms with Crippen LogP contribution in [0, 0.1) is 18.8 Å². The Labute approximate surface area is 126 Å². The van der Waals surface area contributed by atoms with Crippen LogP contribution >= 0.6 is 0 Å². The zero-order valence-electron chi connectivity index (χ0n) is 13.0. The van der Waals surface area contributed by atoms with Gasteiger partial charge in [-0.1, -0.05) is 32.8 Å². The van der Waals surface area contributed by atoms with E-state index in [-0.39, 0.29) is 0 Å². The van der Waals surface area contributed by atoms with Crippen LogP contribution in [-0.4, -0.2) is 16.2 Å². The van der Waals surface area contributed by atoms with Gasteiger partial charge in [-0.05, 0) is 42.9 Å². The summed E-state index contributed by atoms with van der Waals surface area (Å²) in [6.45, 7) is 6.86. The van der Waals surface area contributed by atoms with Gasteiger partial charge in [-0.25, -0.2) is 0 Å². The minimum absolute atomic E-state index is 0.547. The highest BCUT2D eigenvalue weighted by atomic mass is 16.4. The summed E-state index contributed by atoms with van der Waals surface area (Å²) in [5.74, 6) is 2.06. The van der Waals surface area contributed by atoms with E-state index in [2.05, 4.69) is 48.4 Å². The number of hydrogen-bond acceptors (Lipinski definition) is 4. The van der Waals surface area contributed by atoms with Gasteiger partial charge in [0.15, 0.2) is 0 Å². The first-order valence-corrected chi connectivity index (χ1v) is 7.79. The molecule has 1 aliphatic rings. The Hall–Kier alpha value is -1.84. The second-order valence-corrected chi connectivity index (χ2v) is 6.29. The molecule has 0 bridgehead atoms. The number of nitrogens with one attached hydrogen (secondary N) is 1. The molecule has 4 heteroatoms. The predicted molar refractivity (Wildman–Crippen MR) is 84.1 cm³/mol. The molecule has 2 aromatic rings. The van der Waals surface area contributed by atoms with Gasteiger partial charge in [-0.15, -0.1) is 10.2 Å². The molecule has 3 unspecified atom stereocenters. The fourth-order valence-corrected chi connectivity index (χ4v) is 3.19. The van der Waals surface area contributed by atoms with E-state index in [0.29, 0.717) is 17.9 Å². The van der Waals surface area contributed by atoms with Crippen LogP contribution in [0.2, 0.25) is 0 Å². The van der Waals surface area contributed by atoms with E-state index in [1.165, 1.54) is 36.9 Å². The molecule has 0 saturated heterocycles. The van der Waals surface area contributed by atoms with Crippen LogP contribution in [0.1, 0.15) is 38.7 Å². The second-order valence-electron chi connectivity index (χ2n) is 6.29. The molecule has 0 spiro atoms. The summed E-state index contributed by atoms with van der Waals surface area (Å²) in [5.41, 5.74) is 3.40. The van der Waals surface area contributed by atoms with Crippen molar-refractivity contribution in [2.45, 2.75) is 46.1 Å². The van der Waals surface area contributed by atoms with Crippen LogP contribution in [0.25, 0.3) is 11.5 Å². The Kier molecular flexibility index (Phi) is 3.95. The molecule has 1 N–H and O–H groups in total. The van der Waals surface area contributed by atoms with E-state index in [9.17, 15) is 0 Å². The normalized spacial score (nSPS) is 25.8. The topological polar surface area (TPSA) is 51.0 Å². The summed E-state index contributed by atoms with van der Waals surface area (Å²) in [4.78, 5) is 0. The highest BCUT2D eigenvalue weighted by Gasteiger charge is 2.27. The lowest BCUT2D eigenvalue weighted by Gasteiger charge is -2.35. The van der Waals surface area contributed by atoms with Gasteiger partial charge in [0.2, 0.25) is 12.3 Å². The van der Waals surface area contributed by atoms with Crippen molar-refractivity contribution in [3.05, 3.63) is 30.2 Å². The number of aryl methyl sites for hydroxylation is 1. The minimum Gasteiger partial charge on any atom is -0.423 e. The van der Waals surface area contributed by atoms with Crippen molar-refractivity contribution in [1.82, 2.24) is 10.2 Å². The molecule has 1 aromatic heterocycles. The fourth-order valence-electron chi connectivity index (χ4n) is 3.19. The summed E-state index contributed by atoms with van der Waals surface area (Å²) in [6.07, 6.45) is 5.27. The summed E-state index contributed by atoms with van der Waals surface area (Å²) in [7, 11) is 0. The highest BCUT2D eigenvalue weighted by molar-refractivity contribution is 5.64. The van der Waals surface area contributed by atoms with E-state index in [1.807, 2.05) is 6.07 Å². The summed E-state index contributed by atoms with van der Waals surface area (Å²) in [5, 5.41) is 11.5. The molecule has 4 nitrogen and oxygen atoms in total. The van der Waals surface area contributed by atoms with Gasteiger partial charge in [0.05, 0.1) is 0 Å². The van der Waals surface area contributed by atoms with Gasteiger partial charge in [0.1, 0.15) is 0 Å². The minimum atomic E-state index is 0.547. The smallest absolute Gasteiger partial charge is 0.247 e. The number of benzene rings is 1. The van der Waals surface area contributed by atoms with Crippen LogP contribution in [-0.2, 0) is 0 Å². The molecular weight excluding hydrogens is 262 g/mol. The van der Waals surface area contributed by atoms with Crippen molar-refractivity contribution >= 4 is 5.69 Å². The molecule has 1 heterocycles. The average molecular weight is 285 g/mol. The van der Waals surface area contributed by atoms with Crippen molar-refractivity contribution in [3.8, 4) is 11.5 Å². The first-order valence-electron chi connectivity index (χ1n) is 7.79. The third kappa shape index (κ3) is 2.94. The highest BCUT2D eigenvalue weighted by Crippen LogP contribution is 2.33. The van der Waals surface area contributed by atoms with Gasteiger partial charge in [0.25, 0.3) is 0 Å². The number of nitrogens with zero attached hydrogens (tertiary/aromatic N) is 2. The average Bonchev–Trinajstić information content (AvgIpc) is 3.00. The predicted octanol–water partition coefficient (Wildman–Crippen LogP) is 4.28. The molecule has 0 radical (unpaired) electrons. The third-order valence-corrected chi connectivity index (χ3v) is 4.89. The number of rotatable bonds is 3. The maximum atomic E-state index is 5.29. The lowest BCUT2D eigenvalue weighted by Crippen LogP contribution is -2.35. The number of anilines is 1. The summed E-state index contributed by atoms with van der Waals surface area (Å²) in [6, 6.07) is 6.81. The molecule has 3 atom stereocenters. The first-order chi connectivity index (χ1) is 10.1. The van der Waals surface area contributed by atoms with Gasteiger partial charge in [-0.2, -0.15) is 0 Å². The molecule has 1 aliphatic carbocycles. The zero-order valence-corrected chi connectivity index (χ0v) is 13.0. The van der Waals surface area contributed by atoms with E-state index < -0.39 is 0 Å². The van der Waals surface area contributed by atoms with Crippen molar-refractivity contribution in [2.75, 3.05) is 5.32 Å². The summed E-state index contributed by atoms with van der Waals surface area (Å²) >= 11 is 0. The molecule has 21 heavy (non-hydrogen) atoms. The van der Waals surface area contributed by atoms with E-state index in [1.54, 1.807) is 0 Å². The lowest BCUT2D eigenvalue weighted by molar-refractivity contribution is 0.253. The van der Waals surface area contributed by atoms with Gasteiger partial charge in [0, 0.05) is 17.3 Å². The molecule has 0 aliphatic heterocycles. The Bertz CT molecular complexity index is 594. The van der Waals surface area contributed by atoms with Crippen molar-refractivity contribution in [1.29, 1.82) is 0 Å². The monoisotopic (exact) mass is 285 g/mol. The maximum Gasteiger partial charge on any atom is 0.247 e. The standard InChI is InChI=1S/C17H23N3O/c1-11-5-4-6-15(13(11)3)19-16-9-14(8-7-12(16)2)17-20-18-10-21-17/h7-11,13,15,19H,4-6H2,1-3H3. The summed E-state index contributed by atoms with van der Waals surface area (Å²) < 4.78 is 5.29. The molecule has 0 amide bonds. The molecular formula is C17H23N3O. The zero-order chi connectivity index (χ0) is 14.8. The molecule has 1 fully saturated rings. The van der Waals surface area contributed by atoms with Crippen LogP contribution in [0.3, 0.4) is 0 Å². The van der Waals surface area contributed by atoms with Gasteiger partial charge >= 0.3 is 0 Å². The Morgan fingerprint density at radius 1 is 1.24 bits per heavy atom. The SMILES string of the molecule is Cc1ccc(-c2nnco2)cc1NC1CCCC(C)C1C. The molecule has 1 aromatic carbocycles. The molecule has 1 saturated carbocycles. The molecule has 112 valence electrons. The third-order valence-electron chi connectivity index (χ3n) is 4.89. The molecule has 3 rings (SSSR count). The lowest BCUT2D eigenvalue weighted by atomic mass is 9.78. The van der Waals surface area contributed by atoms with Crippen LogP contribution in [0.4, 0.5) is 5.69 Å². The maximum absolute atomic E-state index is 5.29. The van der Waals surface area contributed by atoms with Crippen molar-refractivity contribution in [2.24, 2.45) is 11.8 Å². The van der Waals surface area contributed by atoms with Crippen LogP contribution in [0.5, 0.6) is 0 Å². The first kappa shape index (κ1) is 14.1. The Morgan fingerprint density at radius 2 is 2.10 bits per heavy atom.